The number of halogens is 1. The Balaban J connectivity index is 1.51. The van der Waals surface area contributed by atoms with Gasteiger partial charge in [0.05, 0.1) is 4.92 Å². The van der Waals surface area contributed by atoms with Gasteiger partial charge in [-0.15, -0.1) is 10.2 Å². The molecule has 0 unspecified atom stereocenters. The number of rotatable bonds is 6. The van der Waals surface area contributed by atoms with Crippen LogP contribution >= 0.6 is 34.7 Å². The minimum absolute atomic E-state index is 0.0217. The second-order valence-corrected chi connectivity index (χ2v) is 12.5. The zero-order chi connectivity index (χ0) is 26.3. The fraction of sp³-hybridized carbons (Fsp3) is 0.308. The molecule has 0 spiro atoms. The smallest absolute Gasteiger partial charge is 0.269 e. The predicted octanol–water partition coefficient (Wildman–Crippen LogP) is 6.56. The summed E-state index contributed by atoms with van der Waals surface area (Å²) in [6.07, 6.45) is 0.870. The summed E-state index contributed by atoms with van der Waals surface area (Å²) in [5.41, 5.74) is 2.32. The zero-order valence-corrected chi connectivity index (χ0v) is 22.5. The molecule has 1 aromatic heterocycles. The van der Waals surface area contributed by atoms with Crippen LogP contribution in [0.5, 0.6) is 0 Å². The average Bonchev–Trinajstić information content (AvgIpc) is 3.30. The number of hydrogen-bond acceptors (Lipinski definition) is 8. The molecular formula is C26H23ClN4O4S2. The minimum atomic E-state index is -0.538. The Morgan fingerprint density at radius 1 is 1.16 bits per heavy atom. The lowest BCUT2D eigenvalue weighted by atomic mass is 9.69. The maximum Gasteiger partial charge on any atom is 0.269 e. The molecule has 1 aliphatic carbocycles. The quantitative estimate of drug-likeness (QED) is 0.147. The molecule has 0 fully saturated rings. The van der Waals surface area contributed by atoms with Crippen molar-refractivity contribution in [3.05, 3.63) is 86.1 Å². The van der Waals surface area contributed by atoms with E-state index in [4.69, 9.17) is 11.6 Å². The zero-order valence-electron chi connectivity index (χ0n) is 20.1. The maximum atomic E-state index is 13.6. The van der Waals surface area contributed by atoms with E-state index in [0.717, 1.165) is 5.56 Å². The summed E-state index contributed by atoms with van der Waals surface area (Å²) in [5, 5.41) is 21.1. The second-order valence-electron chi connectivity index (χ2n) is 9.87. The molecule has 37 heavy (non-hydrogen) atoms. The Labute approximate surface area is 226 Å². The number of nitrogens with zero attached hydrogens (tertiary/aromatic N) is 4. The molecule has 5 rings (SSSR count). The van der Waals surface area contributed by atoms with Gasteiger partial charge in [-0.3, -0.25) is 24.6 Å². The number of anilines is 1. The molecule has 0 saturated carbocycles. The molecule has 0 N–H and O–H groups in total. The minimum Gasteiger partial charge on any atom is -0.294 e. The van der Waals surface area contributed by atoms with E-state index in [9.17, 15) is 19.7 Å². The van der Waals surface area contributed by atoms with Crippen LogP contribution in [0.2, 0.25) is 5.02 Å². The number of benzene rings is 2. The van der Waals surface area contributed by atoms with E-state index in [-0.39, 0.29) is 29.2 Å². The molecule has 1 amide bonds. The van der Waals surface area contributed by atoms with E-state index < -0.39 is 10.8 Å². The fourth-order valence-corrected chi connectivity index (χ4v) is 7.05. The highest BCUT2D eigenvalue weighted by atomic mass is 35.5. The van der Waals surface area contributed by atoms with Crippen LogP contribution in [0, 0.1) is 15.5 Å². The van der Waals surface area contributed by atoms with E-state index in [1.54, 1.807) is 17.0 Å². The first-order valence-electron chi connectivity index (χ1n) is 11.7. The Hall–Kier alpha value is -3.08. The van der Waals surface area contributed by atoms with E-state index in [1.807, 2.05) is 38.1 Å². The van der Waals surface area contributed by atoms with Crippen molar-refractivity contribution in [1.29, 1.82) is 0 Å². The molecule has 0 saturated heterocycles. The van der Waals surface area contributed by atoms with Crippen LogP contribution in [0.1, 0.15) is 50.2 Å². The van der Waals surface area contributed by atoms with Crippen molar-refractivity contribution >= 4 is 57.2 Å². The summed E-state index contributed by atoms with van der Waals surface area (Å²) in [6, 6.07) is 13.8. The summed E-state index contributed by atoms with van der Waals surface area (Å²) in [6.45, 7) is 4.00. The summed E-state index contributed by atoms with van der Waals surface area (Å²) >= 11 is 9.05. The van der Waals surface area contributed by atoms with Crippen molar-refractivity contribution < 1.29 is 14.5 Å². The second kappa shape index (κ2) is 10.00. The molecule has 1 aliphatic heterocycles. The molecule has 2 heterocycles. The van der Waals surface area contributed by atoms with Gasteiger partial charge in [0, 0.05) is 52.9 Å². The number of carbonyl (C=O) groups is 2. The lowest BCUT2D eigenvalue weighted by Crippen LogP contribution is -2.43. The monoisotopic (exact) mass is 554 g/mol. The van der Waals surface area contributed by atoms with Gasteiger partial charge >= 0.3 is 0 Å². The highest BCUT2D eigenvalue weighted by Gasteiger charge is 2.45. The van der Waals surface area contributed by atoms with Crippen molar-refractivity contribution in [2.75, 3.05) is 4.90 Å². The Bertz CT molecular complexity index is 1450. The molecular weight excluding hydrogens is 532 g/mol. The van der Waals surface area contributed by atoms with E-state index >= 15 is 0 Å². The number of Topliss-reactive ketones (excluding diaryl/α,β-unsaturated/α-hetero) is 1. The van der Waals surface area contributed by atoms with Crippen LogP contribution in [0.3, 0.4) is 0 Å². The average molecular weight is 555 g/mol. The number of nitro benzene ring substituents is 1. The van der Waals surface area contributed by atoms with Crippen LogP contribution < -0.4 is 4.90 Å². The number of amides is 1. The topological polar surface area (TPSA) is 106 Å². The van der Waals surface area contributed by atoms with Crippen molar-refractivity contribution in [2.45, 2.75) is 49.1 Å². The lowest BCUT2D eigenvalue weighted by Gasteiger charge is -2.41. The third-order valence-corrected chi connectivity index (χ3v) is 8.98. The Morgan fingerprint density at radius 2 is 1.95 bits per heavy atom. The van der Waals surface area contributed by atoms with Gasteiger partial charge in [0.25, 0.3) is 5.69 Å². The normalized spacial score (nSPS) is 19.2. The number of allylic oxidation sites excluding steroid dienone is 2. The van der Waals surface area contributed by atoms with Gasteiger partial charge in [-0.25, -0.2) is 0 Å². The van der Waals surface area contributed by atoms with Gasteiger partial charge in [0.2, 0.25) is 11.0 Å². The van der Waals surface area contributed by atoms with Gasteiger partial charge in [0.15, 0.2) is 10.1 Å². The van der Waals surface area contributed by atoms with E-state index in [0.29, 0.717) is 49.9 Å². The molecule has 2 aliphatic rings. The Morgan fingerprint density at radius 3 is 2.70 bits per heavy atom. The van der Waals surface area contributed by atoms with E-state index in [1.165, 1.54) is 35.2 Å². The highest BCUT2D eigenvalue weighted by molar-refractivity contribution is 8.00. The van der Waals surface area contributed by atoms with Crippen molar-refractivity contribution in [2.24, 2.45) is 5.41 Å². The van der Waals surface area contributed by atoms with Crippen molar-refractivity contribution in [3.63, 3.8) is 0 Å². The standard InChI is InChI=1S/C26H23ClN4O4S2/c1-26(2)12-20-23(21(32)13-26)18(15-7-5-8-17(10-15)31(34)35)11-22(33)30(20)24-28-29-25(37-24)36-14-16-6-3-4-9-19(16)27/h3-10,18H,11-14H2,1-2H3/t18-/m1/s1. The number of aromatic nitrogens is 2. The molecule has 190 valence electrons. The SMILES string of the molecule is CC1(C)CC(=O)C2=C(C1)N(c1nnc(SCc3ccccc3Cl)s1)C(=O)C[C@@H]2c1cccc([N+](=O)[O-])c1. The number of non-ortho nitro benzene ring substituents is 1. The summed E-state index contributed by atoms with van der Waals surface area (Å²) in [5.74, 6) is -0.182. The van der Waals surface area contributed by atoms with E-state index in [2.05, 4.69) is 10.2 Å². The molecule has 0 radical (unpaired) electrons. The summed E-state index contributed by atoms with van der Waals surface area (Å²) in [7, 11) is 0. The van der Waals surface area contributed by atoms with Crippen LogP contribution in [-0.4, -0.2) is 26.8 Å². The third-order valence-electron chi connectivity index (χ3n) is 6.52. The van der Waals surface area contributed by atoms with Gasteiger partial charge in [-0.05, 0) is 29.0 Å². The third kappa shape index (κ3) is 5.18. The number of hydrogen-bond donors (Lipinski definition) is 0. The predicted molar refractivity (Wildman–Crippen MR) is 144 cm³/mol. The van der Waals surface area contributed by atoms with Gasteiger partial charge < -0.3 is 0 Å². The summed E-state index contributed by atoms with van der Waals surface area (Å²) in [4.78, 5) is 39.4. The number of nitro groups is 1. The first kappa shape index (κ1) is 25.6. The van der Waals surface area contributed by atoms with Gasteiger partial charge in [-0.2, -0.15) is 0 Å². The van der Waals surface area contributed by atoms with Crippen LogP contribution in [0.15, 0.2) is 64.1 Å². The van der Waals surface area contributed by atoms with Crippen LogP contribution in [-0.2, 0) is 15.3 Å². The van der Waals surface area contributed by atoms with Crippen molar-refractivity contribution in [1.82, 2.24) is 10.2 Å². The first-order chi connectivity index (χ1) is 17.6. The maximum absolute atomic E-state index is 13.6. The van der Waals surface area contributed by atoms with Gasteiger partial charge in [0.1, 0.15) is 0 Å². The van der Waals surface area contributed by atoms with Gasteiger partial charge in [-0.1, -0.05) is 78.9 Å². The molecule has 0 bridgehead atoms. The molecule has 11 heteroatoms. The lowest BCUT2D eigenvalue weighted by molar-refractivity contribution is -0.384. The van der Waals surface area contributed by atoms with Crippen LogP contribution in [0.4, 0.5) is 10.8 Å². The number of ketones is 1. The fourth-order valence-electron chi connectivity index (χ4n) is 4.88. The number of thioether (sulfide) groups is 1. The molecule has 1 atom stereocenters. The van der Waals surface area contributed by atoms with Crippen LogP contribution in [0.25, 0.3) is 0 Å². The first-order valence-corrected chi connectivity index (χ1v) is 13.8. The molecule has 8 nitrogen and oxygen atoms in total. The summed E-state index contributed by atoms with van der Waals surface area (Å²) < 4.78 is 0.687. The molecule has 3 aromatic rings. The highest BCUT2D eigenvalue weighted by Crippen LogP contribution is 2.49. The molecule has 2 aromatic carbocycles. The Kier molecular flexibility index (Phi) is 6.91. The van der Waals surface area contributed by atoms with Crippen molar-refractivity contribution in [3.8, 4) is 0 Å². The number of carbonyl (C=O) groups excluding carboxylic acids is 2. The largest absolute Gasteiger partial charge is 0.294 e.